The van der Waals surface area contributed by atoms with Crippen molar-refractivity contribution in [1.29, 1.82) is 0 Å². The molecule has 12 nitrogen and oxygen atoms in total. The minimum absolute atomic E-state index is 0.138. The molecule has 5 aliphatic heterocycles. The molecule has 3 fully saturated rings. The molecular weight excluding hydrogens is 855 g/mol. The highest BCUT2D eigenvalue weighted by Crippen LogP contribution is 2.68. The van der Waals surface area contributed by atoms with E-state index in [2.05, 4.69) is 38.4 Å². The van der Waals surface area contributed by atoms with Crippen molar-refractivity contribution in [2.24, 2.45) is 17.3 Å². The zero-order valence-electron chi connectivity index (χ0n) is 38.0. The van der Waals surface area contributed by atoms with Crippen LogP contribution in [-0.4, -0.2) is 129 Å². The summed E-state index contributed by atoms with van der Waals surface area (Å²) in [6, 6.07) is 10.9. The number of piperidine rings is 1. The van der Waals surface area contributed by atoms with Crippen molar-refractivity contribution < 1.29 is 47.2 Å². The van der Waals surface area contributed by atoms with E-state index in [9.17, 15) is 14.7 Å². The van der Waals surface area contributed by atoms with Crippen LogP contribution in [0.25, 0.3) is 22.0 Å². The molecule has 0 amide bonds. The predicted molar refractivity (Wildman–Crippen MR) is 243 cm³/mol. The molecule has 2 N–H and O–H groups in total. The number of halogens is 2. The number of carbonyl (C=O) groups is 3. The lowest BCUT2D eigenvalue weighted by Crippen LogP contribution is -2.81. The van der Waals surface area contributed by atoms with Crippen molar-refractivity contribution in [2.45, 2.75) is 93.4 Å². The number of carbonyl (C=O) groups excluding carboxylic acids is 3. The third-order valence-electron chi connectivity index (χ3n) is 16.5. The number of aromatic amines is 1. The number of aliphatic hydroxyl groups is 1. The van der Waals surface area contributed by atoms with Gasteiger partial charge in [0.25, 0.3) is 0 Å². The van der Waals surface area contributed by atoms with Crippen LogP contribution in [0.5, 0.6) is 5.75 Å². The van der Waals surface area contributed by atoms with E-state index in [1.54, 1.807) is 18.4 Å². The lowest BCUT2D eigenvalue weighted by molar-refractivity contribution is -0.228. The maximum absolute atomic E-state index is 15.5. The number of H-pyrrole nitrogens is 1. The van der Waals surface area contributed by atoms with Crippen molar-refractivity contribution in [2.75, 3.05) is 66.0 Å². The summed E-state index contributed by atoms with van der Waals surface area (Å²) in [5, 5.41) is 18.5. The lowest BCUT2D eigenvalue weighted by atomic mass is 9.47. The minimum Gasteiger partial charge on any atom is -0.496 e. The van der Waals surface area contributed by atoms with Crippen molar-refractivity contribution in [3.05, 3.63) is 81.7 Å². The molecule has 2 aromatic carbocycles. The number of benzene rings is 2. The number of fused-ring (bicyclic) bond motifs is 6. The first kappa shape index (κ1) is 44.0. The number of alkyl halides is 2. The van der Waals surface area contributed by atoms with E-state index in [-0.39, 0.29) is 31.3 Å². The number of nitrogens with one attached hydrogen (secondary N) is 1. The summed E-state index contributed by atoms with van der Waals surface area (Å²) in [5.41, 5.74) is 0.449. The Balaban J connectivity index is 1.28. The maximum Gasteiger partial charge on any atom is 0.344 e. The largest absolute Gasteiger partial charge is 0.496 e. The van der Waals surface area contributed by atoms with Gasteiger partial charge in [0.1, 0.15) is 11.2 Å². The normalized spacial score (nSPS) is 33.8. The maximum atomic E-state index is 15.5. The Labute approximate surface area is 381 Å². The summed E-state index contributed by atoms with van der Waals surface area (Å²) in [6.07, 6.45) is 4.47. The number of ether oxygens (including phenoxy) is 4. The molecule has 2 bridgehead atoms. The standard InChI is InChI=1S/C50H58F2N4O8S/c1-8-47-14-9-16-56-18-15-48(41(47)56)35-22-36(39(61-5)23-38(35)54(4)42(48)50(60,45(59)63-7)43(47)64-28(2)57)49(44(58)62-6)24-29-20-32(46(3,51)52)26-55(25-29)17-12-33-34-21-30(31-13-19-65-27-31)10-11-37(34)53-40(33)49/h9-11,13-14,19,21-23,27,29,32,41-43,53,60H,8,12,15-18,20,24-26H2,1-7H3/t29?,32?,41?,42?,43-,47-,48?,49-,50+/m0/s1. The van der Waals surface area contributed by atoms with Gasteiger partial charge >= 0.3 is 17.9 Å². The van der Waals surface area contributed by atoms with Gasteiger partial charge in [0.05, 0.1) is 27.4 Å². The smallest absolute Gasteiger partial charge is 0.344 e. The fourth-order valence-corrected chi connectivity index (χ4v) is 14.8. The minimum atomic E-state index is -2.95. The summed E-state index contributed by atoms with van der Waals surface area (Å²) < 4.78 is 55.0. The molecule has 1 saturated carbocycles. The fourth-order valence-electron chi connectivity index (χ4n) is 14.1. The SMILES string of the molecule is CC[C@@]12C=CCN3CCC4(c5cc([C@@]6(C(=O)OC)CC7CC(C(C)(F)F)CN(CCc8c6[nH]c6ccc(-c9ccsc9)cc86)C7)c(OC)cc5N(C)C4[C@](O)(C(=O)OC)[C@H]1OC(C)=O)C32. The number of aromatic nitrogens is 1. The molecule has 0 radical (unpaired) electrons. The van der Waals surface area contributed by atoms with Crippen LogP contribution in [0.3, 0.4) is 0 Å². The number of thiophene rings is 1. The van der Waals surface area contributed by atoms with E-state index in [1.165, 1.54) is 21.1 Å². The Hall–Kier alpha value is -4.83. The summed E-state index contributed by atoms with van der Waals surface area (Å²) in [6.45, 7) is 6.75. The van der Waals surface area contributed by atoms with Crippen molar-refractivity contribution in [3.63, 3.8) is 0 Å². The van der Waals surface area contributed by atoms with Gasteiger partial charge in [0.2, 0.25) is 11.5 Å². The fraction of sp³-hybridized carbons (Fsp3) is 0.540. The second-order valence-electron chi connectivity index (χ2n) is 19.6. The van der Waals surface area contributed by atoms with Crippen molar-refractivity contribution in [1.82, 2.24) is 14.8 Å². The van der Waals surface area contributed by atoms with Crippen LogP contribution >= 0.6 is 11.3 Å². The van der Waals surface area contributed by atoms with Gasteiger partial charge in [-0.05, 0) is 109 Å². The molecule has 1 aliphatic carbocycles. The summed E-state index contributed by atoms with van der Waals surface area (Å²) in [4.78, 5) is 53.2. The Kier molecular flexibility index (Phi) is 10.4. The van der Waals surface area contributed by atoms with Gasteiger partial charge in [0.15, 0.2) is 6.10 Å². The van der Waals surface area contributed by atoms with Crippen LogP contribution in [0.1, 0.15) is 68.8 Å². The number of hydrogen-bond donors (Lipinski definition) is 2. The van der Waals surface area contributed by atoms with Crippen LogP contribution in [-0.2, 0) is 45.8 Å². The second-order valence-corrected chi connectivity index (χ2v) is 20.3. The molecule has 6 unspecified atom stereocenters. The number of nitrogens with zero attached hydrogens (tertiary/aromatic N) is 3. The van der Waals surface area contributed by atoms with E-state index >= 15 is 13.6 Å². The number of hydrogen-bond acceptors (Lipinski definition) is 12. The summed E-state index contributed by atoms with van der Waals surface area (Å²) >= 11 is 1.61. The highest BCUT2D eigenvalue weighted by molar-refractivity contribution is 7.08. The number of likely N-dealkylation sites (N-methyl/N-ethyl adjacent to an activating group) is 1. The first-order valence-electron chi connectivity index (χ1n) is 22.7. The first-order valence-corrected chi connectivity index (χ1v) is 23.7. The number of anilines is 1. The van der Waals surface area contributed by atoms with Crippen LogP contribution in [0.4, 0.5) is 14.5 Å². The van der Waals surface area contributed by atoms with Gasteiger partial charge in [-0.25, -0.2) is 13.6 Å². The number of esters is 3. The Morgan fingerprint density at radius 3 is 2.46 bits per heavy atom. The van der Waals surface area contributed by atoms with Crippen LogP contribution in [0.15, 0.2) is 59.3 Å². The third kappa shape index (κ3) is 6.02. The summed E-state index contributed by atoms with van der Waals surface area (Å²) in [5.74, 6) is -5.98. The lowest BCUT2D eigenvalue weighted by Gasteiger charge is -2.63. The predicted octanol–water partition coefficient (Wildman–Crippen LogP) is 6.85. The van der Waals surface area contributed by atoms with Crippen LogP contribution in [0, 0.1) is 17.3 Å². The quantitative estimate of drug-likeness (QED) is 0.109. The van der Waals surface area contributed by atoms with E-state index in [0.29, 0.717) is 68.1 Å². The van der Waals surface area contributed by atoms with E-state index in [1.807, 2.05) is 54.6 Å². The first-order chi connectivity index (χ1) is 31.0. The molecule has 10 atom stereocenters. The monoisotopic (exact) mass is 912 g/mol. The van der Waals surface area contributed by atoms with Crippen LogP contribution in [0.2, 0.25) is 0 Å². The molecule has 6 aliphatic rings. The van der Waals surface area contributed by atoms with Gasteiger partial charge < -0.3 is 38.8 Å². The average molecular weight is 913 g/mol. The molecule has 7 heterocycles. The zero-order valence-corrected chi connectivity index (χ0v) is 38.9. The van der Waals surface area contributed by atoms with Gasteiger partial charge in [-0.2, -0.15) is 11.3 Å². The number of methoxy groups -OCH3 is 3. The zero-order chi connectivity index (χ0) is 46.0. The van der Waals surface area contributed by atoms with Crippen molar-refractivity contribution in [3.8, 4) is 16.9 Å². The van der Waals surface area contributed by atoms with Gasteiger partial charge in [-0.1, -0.05) is 25.1 Å². The highest BCUT2D eigenvalue weighted by Gasteiger charge is 2.80. The van der Waals surface area contributed by atoms with Crippen molar-refractivity contribution >= 4 is 45.8 Å². The van der Waals surface area contributed by atoms with Gasteiger partial charge in [-0.15, -0.1) is 0 Å². The van der Waals surface area contributed by atoms with E-state index in [0.717, 1.165) is 40.1 Å². The Morgan fingerprint density at radius 2 is 1.78 bits per heavy atom. The Bertz CT molecular complexity index is 2610. The molecule has 15 heteroatoms. The molecule has 2 saturated heterocycles. The molecule has 2 aromatic heterocycles. The summed E-state index contributed by atoms with van der Waals surface area (Å²) in [7, 11) is 5.98. The topological polar surface area (TPSA) is 134 Å². The van der Waals surface area contributed by atoms with E-state index < -0.39 is 63.7 Å². The molecule has 346 valence electrons. The molecule has 10 rings (SSSR count). The molecule has 1 spiro atoms. The third-order valence-corrected chi connectivity index (χ3v) is 17.2. The number of rotatable bonds is 8. The average Bonchev–Trinajstić information content (AvgIpc) is 4.10. The molecule has 65 heavy (non-hydrogen) atoms. The van der Waals surface area contributed by atoms with E-state index in [4.69, 9.17) is 18.9 Å². The molecular formula is C50H58F2N4O8S. The highest BCUT2D eigenvalue weighted by atomic mass is 32.1. The van der Waals surface area contributed by atoms with Crippen LogP contribution < -0.4 is 9.64 Å². The molecule has 4 aromatic rings. The van der Waals surface area contributed by atoms with Gasteiger partial charge in [-0.3, -0.25) is 14.5 Å². The second kappa shape index (κ2) is 15.4. The Morgan fingerprint density at radius 1 is 1.00 bits per heavy atom. The van der Waals surface area contributed by atoms with Gasteiger partial charge in [0, 0.05) is 96.9 Å².